The number of hydrogen-bond acceptors (Lipinski definition) is 4. The highest BCUT2D eigenvalue weighted by Crippen LogP contribution is 2.39. The molecule has 3 rings (SSSR count). The van der Waals surface area contributed by atoms with Crippen molar-refractivity contribution >= 4 is 5.91 Å². The van der Waals surface area contributed by atoms with Gasteiger partial charge in [-0.2, -0.15) is 0 Å². The van der Waals surface area contributed by atoms with Crippen molar-refractivity contribution in [2.45, 2.75) is 50.2 Å². The van der Waals surface area contributed by atoms with Crippen LogP contribution >= 0.6 is 0 Å². The second-order valence-electron chi connectivity index (χ2n) is 7.00. The van der Waals surface area contributed by atoms with Crippen LogP contribution in [0.25, 0.3) is 0 Å². The summed E-state index contributed by atoms with van der Waals surface area (Å²) in [4.78, 5) is 13.5. The summed E-state index contributed by atoms with van der Waals surface area (Å²) in [6.07, 6.45) is 5.55. The Kier molecular flexibility index (Phi) is 5.41. The minimum atomic E-state index is -0.525. The van der Waals surface area contributed by atoms with E-state index in [0.29, 0.717) is 19.5 Å². The second kappa shape index (κ2) is 7.53. The first-order valence-corrected chi connectivity index (χ1v) is 8.98. The minimum Gasteiger partial charge on any atom is -0.497 e. The third-order valence-corrected chi connectivity index (χ3v) is 5.38. The molecule has 0 bridgehead atoms. The lowest BCUT2D eigenvalue weighted by Crippen LogP contribution is -2.46. The zero-order valence-electron chi connectivity index (χ0n) is 14.5. The van der Waals surface area contributed by atoms with Crippen LogP contribution in [0.15, 0.2) is 24.3 Å². The van der Waals surface area contributed by atoms with Crippen LogP contribution in [0.4, 0.5) is 0 Å². The Bertz CT molecular complexity index is 552. The average molecular weight is 332 g/mol. The number of methoxy groups -OCH3 is 1. The lowest BCUT2D eigenvalue weighted by atomic mass is 9.88. The third kappa shape index (κ3) is 3.73. The van der Waals surface area contributed by atoms with Gasteiger partial charge in [0.1, 0.15) is 5.75 Å². The van der Waals surface area contributed by atoms with Gasteiger partial charge in [-0.3, -0.25) is 4.79 Å². The van der Waals surface area contributed by atoms with Gasteiger partial charge in [0.05, 0.1) is 13.2 Å². The van der Waals surface area contributed by atoms with E-state index >= 15 is 0 Å². The minimum absolute atomic E-state index is 0.0672. The highest BCUT2D eigenvalue weighted by molar-refractivity contribution is 5.78. The molecule has 0 radical (unpaired) electrons. The van der Waals surface area contributed by atoms with Gasteiger partial charge in [-0.05, 0) is 37.0 Å². The van der Waals surface area contributed by atoms with Gasteiger partial charge in [0.2, 0.25) is 5.91 Å². The van der Waals surface area contributed by atoms with Gasteiger partial charge >= 0.3 is 0 Å². The fourth-order valence-electron chi connectivity index (χ4n) is 3.99. The summed E-state index contributed by atoms with van der Waals surface area (Å²) < 4.78 is 5.25. The molecule has 5 heteroatoms. The maximum absolute atomic E-state index is 11.7. The van der Waals surface area contributed by atoms with Crippen molar-refractivity contribution in [1.29, 1.82) is 0 Å². The molecule has 2 aliphatic rings. The number of likely N-dealkylation sites (tertiary alicyclic amines) is 1. The number of hydrogen-bond donors (Lipinski definition) is 2. The standard InChI is InChI=1S/C19H28N2O3/c1-24-17-8-6-15(7-9-17)19(10-2-3-11-19)20-13-16(22)14-21-12-4-5-18(21)23/h6-9,16,20,22H,2-5,10-14H2,1H3. The highest BCUT2D eigenvalue weighted by atomic mass is 16.5. The molecule has 1 saturated carbocycles. The van der Waals surface area contributed by atoms with Gasteiger partial charge in [0.25, 0.3) is 0 Å². The fourth-order valence-corrected chi connectivity index (χ4v) is 3.99. The molecule has 24 heavy (non-hydrogen) atoms. The largest absolute Gasteiger partial charge is 0.497 e. The SMILES string of the molecule is COc1ccc(C2(NCC(O)CN3CCCC3=O)CCCC2)cc1. The molecule has 1 aromatic carbocycles. The molecule has 1 aromatic rings. The van der Waals surface area contributed by atoms with Gasteiger partial charge in [-0.25, -0.2) is 0 Å². The van der Waals surface area contributed by atoms with Crippen LogP contribution in [0.2, 0.25) is 0 Å². The van der Waals surface area contributed by atoms with E-state index in [1.54, 1.807) is 12.0 Å². The molecule has 5 nitrogen and oxygen atoms in total. The fraction of sp³-hybridized carbons (Fsp3) is 0.632. The molecular formula is C19H28N2O3. The molecule has 1 unspecified atom stereocenters. The lowest BCUT2D eigenvalue weighted by molar-refractivity contribution is -0.128. The van der Waals surface area contributed by atoms with Crippen molar-refractivity contribution in [2.24, 2.45) is 0 Å². The van der Waals surface area contributed by atoms with Gasteiger partial charge < -0.3 is 20.1 Å². The number of β-amino-alcohol motifs (C(OH)–C–C–N with tert-alkyl or cyclic N) is 1. The Balaban J connectivity index is 1.61. The molecule has 1 aliphatic heterocycles. The topological polar surface area (TPSA) is 61.8 Å². The molecule has 2 N–H and O–H groups in total. The summed E-state index contributed by atoms with van der Waals surface area (Å²) >= 11 is 0. The second-order valence-corrected chi connectivity index (χ2v) is 7.00. The van der Waals surface area contributed by atoms with Crippen molar-refractivity contribution < 1.29 is 14.6 Å². The van der Waals surface area contributed by atoms with Crippen LogP contribution < -0.4 is 10.1 Å². The Morgan fingerprint density at radius 3 is 2.54 bits per heavy atom. The van der Waals surface area contributed by atoms with Gasteiger partial charge in [0.15, 0.2) is 0 Å². The number of ether oxygens (including phenoxy) is 1. The van der Waals surface area contributed by atoms with E-state index in [1.807, 2.05) is 12.1 Å². The number of amides is 1. The third-order valence-electron chi connectivity index (χ3n) is 5.38. The number of aliphatic hydroxyl groups is 1. The summed E-state index contributed by atoms with van der Waals surface area (Å²) in [6.45, 7) is 1.72. The van der Waals surface area contributed by atoms with Crippen LogP contribution in [0.5, 0.6) is 5.75 Å². The van der Waals surface area contributed by atoms with Gasteiger partial charge in [-0.1, -0.05) is 25.0 Å². The number of carbonyl (C=O) groups excluding carboxylic acids is 1. The summed E-state index contributed by atoms with van der Waals surface area (Å²) in [5, 5.41) is 14.0. The molecule has 1 aliphatic carbocycles. The maximum Gasteiger partial charge on any atom is 0.222 e. The Morgan fingerprint density at radius 1 is 1.25 bits per heavy atom. The molecule has 0 spiro atoms. The maximum atomic E-state index is 11.7. The van der Waals surface area contributed by atoms with Crippen LogP contribution in [0, 0.1) is 0 Å². The van der Waals surface area contributed by atoms with Crippen LogP contribution in [0.3, 0.4) is 0 Å². The van der Waals surface area contributed by atoms with Crippen LogP contribution in [-0.2, 0) is 10.3 Å². The summed E-state index contributed by atoms with van der Waals surface area (Å²) in [5.41, 5.74) is 1.19. The first-order valence-electron chi connectivity index (χ1n) is 8.98. The number of carbonyl (C=O) groups is 1. The van der Waals surface area contributed by atoms with Crippen molar-refractivity contribution in [3.63, 3.8) is 0 Å². The van der Waals surface area contributed by atoms with E-state index in [2.05, 4.69) is 17.4 Å². The van der Waals surface area contributed by atoms with Crippen LogP contribution in [-0.4, -0.2) is 48.8 Å². The summed E-state index contributed by atoms with van der Waals surface area (Å²) in [6, 6.07) is 8.23. The van der Waals surface area contributed by atoms with Crippen molar-refractivity contribution in [3.05, 3.63) is 29.8 Å². The molecule has 1 heterocycles. The van der Waals surface area contributed by atoms with E-state index in [0.717, 1.165) is 31.6 Å². The highest BCUT2D eigenvalue weighted by Gasteiger charge is 2.35. The average Bonchev–Trinajstić information content (AvgIpc) is 3.24. The molecule has 1 atom stereocenters. The Labute approximate surface area is 144 Å². The number of rotatable bonds is 7. The van der Waals surface area contributed by atoms with E-state index in [4.69, 9.17) is 4.74 Å². The number of benzene rings is 1. The normalized spacial score (nSPS) is 21.2. The van der Waals surface area contributed by atoms with Crippen molar-refractivity contribution in [2.75, 3.05) is 26.7 Å². The molecule has 1 saturated heterocycles. The Hall–Kier alpha value is -1.59. The van der Waals surface area contributed by atoms with Crippen LogP contribution in [0.1, 0.15) is 44.1 Å². The van der Waals surface area contributed by atoms with E-state index in [9.17, 15) is 9.90 Å². The molecule has 1 amide bonds. The van der Waals surface area contributed by atoms with Gasteiger partial charge in [-0.15, -0.1) is 0 Å². The predicted octanol–water partition coefficient (Wildman–Crippen LogP) is 2.04. The van der Waals surface area contributed by atoms with Crippen molar-refractivity contribution in [1.82, 2.24) is 10.2 Å². The first kappa shape index (κ1) is 17.2. The zero-order valence-corrected chi connectivity index (χ0v) is 14.5. The zero-order chi connectivity index (χ0) is 17.0. The quantitative estimate of drug-likeness (QED) is 0.802. The molecule has 2 fully saturated rings. The monoisotopic (exact) mass is 332 g/mol. The summed E-state index contributed by atoms with van der Waals surface area (Å²) in [7, 11) is 1.68. The summed E-state index contributed by atoms with van der Waals surface area (Å²) in [5.74, 6) is 1.03. The van der Waals surface area contributed by atoms with E-state index in [1.165, 1.54) is 18.4 Å². The first-order chi connectivity index (χ1) is 11.6. The van der Waals surface area contributed by atoms with E-state index in [-0.39, 0.29) is 11.4 Å². The molecular weight excluding hydrogens is 304 g/mol. The van der Waals surface area contributed by atoms with Crippen molar-refractivity contribution in [3.8, 4) is 5.75 Å². The molecule has 132 valence electrons. The number of aliphatic hydroxyl groups excluding tert-OH is 1. The number of nitrogens with zero attached hydrogens (tertiary/aromatic N) is 1. The smallest absolute Gasteiger partial charge is 0.222 e. The lowest BCUT2D eigenvalue weighted by Gasteiger charge is -2.33. The predicted molar refractivity (Wildman–Crippen MR) is 93.0 cm³/mol. The van der Waals surface area contributed by atoms with E-state index < -0.39 is 6.10 Å². The Morgan fingerprint density at radius 2 is 1.96 bits per heavy atom. The van der Waals surface area contributed by atoms with Gasteiger partial charge in [0, 0.05) is 31.6 Å². The molecule has 0 aromatic heterocycles. The number of nitrogens with one attached hydrogen (secondary N) is 1.